The van der Waals surface area contributed by atoms with Crippen molar-refractivity contribution in [1.82, 2.24) is 16.0 Å². The molecule has 0 bridgehead atoms. The van der Waals surface area contributed by atoms with E-state index in [1.165, 1.54) is 27.5 Å². The van der Waals surface area contributed by atoms with E-state index < -0.39 is 0 Å². The van der Waals surface area contributed by atoms with Gasteiger partial charge in [0.15, 0.2) is 5.78 Å². The normalized spacial score (nSPS) is 11.7. The Hall–Kier alpha value is -3.31. The second-order valence-electron chi connectivity index (χ2n) is 15.2. The summed E-state index contributed by atoms with van der Waals surface area (Å²) in [7, 11) is 0. The van der Waals surface area contributed by atoms with Gasteiger partial charge >= 0.3 is 0 Å². The number of rotatable bonds is 10. The van der Waals surface area contributed by atoms with Gasteiger partial charge in [0, 0.05) is 38.1 Å². The zero-order chi connectivity index (χ0) is 33.3. The van der Waals surface area contributed by atoms with Gasteiger partial charge in [0.2, 0.25) is 0 Å². The molecule has 45 heavy (non-hydrogen) atoms. The standard InChI is InChI=1S/C16H21N.C13H19NO.C12H19N/c1-16(2,3)12-17-11-14-9-6-8-13-7-4-5-10-15(13)14;1-13(2,3)12(15)10-14-9-11-7-5-4-6-8-11;1-12(2,3)10-13-9-11-7-5-4-6-8-11/h4-10,17H,11-12H2,1-3H3;4-8,14H,9-10H2,1-3H3;4-8,13H,9-10H2,1-3H3. The lowest BCUT2D eigenvalue weighted by Gasteiger charge is -2.19. The molecule has 0 atom stereocenters. The fourth-order valence-electron chi connectivity index (χ4n) is 4.38. The van der Waals surface area contributed by atoms with Crippen LogP contribution in [0.5, 0.6) is 0 Å². The minimum absolute atomic E-state index is 0.246. The Morgan fingerprint density at radius 3 is 1.47 bits per heavy atom. The summed E-state index contributed by atoms with van der Waals surface area (Å²) < 4.78 is 0. The lowest BCUT2D eigenvalue weighted by atomic mass is 9.91. The highest BCUT2D eigenvalue weighted by Crippen LogP contribution is 2.19. The van der Waals surface area contributed by atoms with Crippen molar-refractivity contribution in [3.63, 3.8) is 0 Å². The summed E-state index contributed by atoms with van der Waals surface area (Å²) in [5.41, 5.74) is 4.40. The minimum atomic E-state index is -0.246. The fraction of sp³-hybridized carbons (Fsp3) is 0.439. The molecule has 4 nitrogen and oxygen atoms in total. The van der Waals surface area contributed by atoms with Gasteiger partial charge in [-0.05, 0) is 38.3 Å². The lowest BCUT2D eigenvalue weighted by Crippen LogP contribution is -2.31. The molecule has 244 valence electrons. The zero-order valence-electron chi connectivity index (χ0n) is 29.5. The average molecular weight is 610 g/mol. The van der Waals surface area contributed by atoms with Crippen molar-refractivity contribution in [3.05, 3.63) is 120 Å². The number of benzene rings is 4. The van der Waals surface area contributed by atoms with Gasteiger partial charge in [0.1, 0.15) is 0 Å². The summed E-state index contributed by atoms with van der Waals surface area (Å²) in [5, 5.41) is 12.8. The first kappa shape index (κ1) is 37.9. The van der Waals surface area contributed by atoms with Crippen LogP contribution in [0.3, 0.4) is 0 Å². The Morgan fingerprint density at radius 2 is 0.956 bits per heavy atom. The molecule has 0 amide bonds. The molecule has 0 radical (unpaired) electrons. The molecule has 0 unspecified atom stereocenters. The maximum Gasteiger partial charge on any atom is 0.151 e. The SMILES string of the molecule is CC(C)(C)C(=O)CNCc1ccccc1.CC(C)(C)CNCc1cccc2ccccc12.CC(C)(C)CNCc1ccccc1. The maximum atomic E-state index is 11.6. The van der Waals surface area contributed by atoms with Gasteiger partial charge < -0.3 is 16.0 Å². The maximum absolute atomic E-state index is 11.6. The van der Waals surface area contributed by atoms with Crippen LogP contribution in [0, 0.1) is 16.2 Å². The topological polar surface area (TPSA) is 53.2 Å². The number of carbonyl (C=O) groups is 1. The third kappa shape index (κ3) is 17.1. The van der Waals surface area contributed by atoms with Crippen LogP contribution < -0.4 is 16.0 Å². The molecule has 0 aliphatic heterocycles. The number of fused-ring (bicyclic) bond motifs is 1. The molecular weight excluding hydrogens is 550 g/mol. The summed E-state index contributed by atoms with van der Waals surface area (Å²) in [4.78, 5) is 11.6. The van der Waals surface area contributed by atoms with Crippen LogP contribution in [0.25, 0.3) is 10.8 Å². The number of ketones is 1. The molecule has 4 aromatic carbocycles. The number of hydrogen-bond donors (Lipinski definition) is 3. The van der Waals surface area contributed by atoms with E-state index in [2.05, 4.69) is 136 Å². The van der Waals surface area contributed by atoms with Crippen molar-refractivity contribution in [3.8, 4) is 0 Å². The van der Waals surface area contributed by atoms with Crippen molar-refractivity contribution >= 4 is 16.6 Å². The van der Waals surface area contributed by atoms with E-state index in [1.54, 1.807) is 0 Å². The smallest absolute Gasteiger partial charge is 0.151 e. The zero-order valence-corrected chi connectivity index (χ0v) is 29.5. The molecule has 0 aliphatic carbocycles. The van der Waals surface area contributed by atoms with E-state index in [0.717, 1.165) is 32.7 Å². The highest BCUT2D eigenvalue weighted by Gasteiger charge is 2.20. The molecule has 4 heteroatoms. The summed E-state index contributed by atoms with van der Waals surface area (Å²) in [6.45, 7) is 24.5. The first-order valence-corrected chi connectivity index (χ1v) is 16.3. The molecule has 0 fully saturated rings. The molecule has 0 spiro atoms. The first-order valence-electron chi connectivity index (χ1n) is 16.3. The first-order chi connectivity index (χ1) is 21.1. The summed E-state index contributed by atoms with van der Waals surface area (Å²) >= 11 is 0. The Labute approximate surface area is 274 Å². The Kier molecular flexibility index (Phi) is 15.7. The average Bonchev–Trinajstić information content (AvgIpc) is 2.97. The third-order valence-electron chi connectivity index (χ3n) is 6.97. The molecular formula is C41H59N3O. The van der Waals surface area contributed by atoms with Crippen LogP contribution >= 0.6 is 0 Å². The second kappa shape index (κ2) is 18.6. The molecule has 3 N–H and O–H groups in total. The van der Waals surface area contributed by atoms with Crippen molar-refractivity contribution in [2.24, 2.45) is 16.2 Å². The molecule has 4 rings (SSSR count). The minimum Gasteiger partial charge on any atom is -0.312 e. The van der Waals surface area contributed by atoms with E-state index >= 15 is 0 Å². The van der Waals surface area contributed by atoms with Crippen LogP contribution in [0.2, 0.25) is 0 Å². The summed E-state index contributed by atoms with van der Waals surface area (Å²) in [5.74, 6) is 0.249. The summed E-state index contributed by atoms with van der Waals surface area (Å²) in [6, 6.07) is 35.7. The van der Waals surface area contributed by atoms with E-state index in [4.69, 9.17) is 0 Å². The van der Waals surface area contributed by atoms with Crippen molar-refractivity contribution in [1.29, 1.82) is 0 Å². The van der Waals surface area contributed by atoms with E-state index in [-0.39, 0.29) is 11.2 Å². The van der Waals surface area contributed by atoms with Gasteiger partial charge in [0.25, 0.3) is 0 Å². The van der Waals surface area contributed by atoms with Crippen molar-refractivity contribution in [2.45, 2.75) is 81.9 Å². The molecule has 0 aliphatic rings. The second-order valence-corrected chi connectivity index (χ2v) is 15.2. The number of hydrogen-bond acceptors (Lipinski definition) is 4. The van der Waals surface area contributed by atoms with Crippen molar-refractivity contribution < 1.29 is 4.79 Å². The summed E-state index contributed by atoms with van der Waals surface area (Å²) in [6.07, 6.45) is 0. The molecule has 0 saturated carbocycles. The van der Waals surface area contributed by atoms with Crippen molar-refractivity contribution in [2.75, 3.05) is 19.6 Å². The number of carbonyl (C=O) groups excluding carboxylic acids is 1. The number of nitrogens with one attached hydrogen (secondary N) is 3. The Morgan fingerprint density at radius 1 is 0.511 bits per heavy atom. The van der Waals surface area contributed by atoms with Gasteiger partial charge in [-0.15, -0.1) is 0 Å². The van der Waals surface area contributed by atoms with Crippen LogP contribution in [-0.4, -0.2) is 25.4 Å². The predicted octanol–water partition coefficient (Wildman–Crippen LogP) is 9.19. The monoisotopic (exact) mass is 609 g/mol. The lowest BCUT2D eigenvalue weighted by molar-refractivity contribution is -0.125. The van der Waals surface area contributed by atoms with Gasteiger partial charge in [-0.2, -0.15) is 0 Å². The van der Waals surface area contributed by atoms with Gasteiger partial charge in [-0.25, -0.2) is 0 Å². The van der Waals surface area contributed by atoms with Crippen LogP contribution in [-0.2, 0) is 24.4 Å². The Balaban J connectivity index is 0.000000238. The molecule has 0 aromatic heterocycles. The fourth-order valence-corrected chi connectivity index (χ4v) is 4.38. The third-order valence-corrected chi connectivity index (χ3v) is 6.97. The van der Waals surface area contributed by atoms with Crippen LogP contribution in [0.1, 0.15) is 79.0 Å². The van der Waals surface area contributed by atoms with Gasteiger partial charge in [0.05, 0.1) is 6.54 Å². The Bertz CT molecular complexity index is 1370. The largest absolute Gasteiger partial charge is 0.312 e. The quantitative estimate of drug-likeness (QED) is 0.168. The van der Waals surface area contributed by atoms with Crippen LogP contribution in [0.15, 0.2) is 103 Å². The van der Waals surface area contributed by atoms with E-state index in [1.807, 2.05) is 45.0 Å². The van der Waals surface area contributed by atoms with E-state index in [9.17, 15) is 4.79 Å². The molecule has 4 aromatic rings. The van der Waals surface area contributed by atoms with Gasteiger partial charge in [-0.3, -0.25) is 4.79 Å². The highest BCUT2D eigenvalue weighted by molar-refractivity contribution is 5.86. The molecule has 0 heterocycles. The van der Waals surface area contributed by atoms with E-state index in [0.29, 0.717) is 17.4 Å². The number of Topliss-reactive ketones (excluding diaryl/α,β-unsaturated/α-hetero) is 1. The predicted molar refractivity (Wildman–Crippen MR) is 195 cm³/mol. The van der Waals surface area contributed by atoms with Crippen LogP contribution in [0.4, 0.5) is 0 Å². The van der Waals surface area contributed by atoms with Gasteiger partial charge in [-0.1, -0.05) is 165 Å². The highest BCUT2D eigenvalue weighted by atomic mass is 16.1. The molecule has 0 saturated heterocycles.